The fourth-order valence-electron chi connectivity index (χ4n) is 2.54. The number of ketones is 1. The number of carbonyl (C=O) groups is 2. The highest BCUT2D eigenvalue weighted by Gasteiger charge is 2.27. The van der Waals surface area contributed by atoms with Gasteiger partial charge < -0.3 is 14.4 Å². The van der Waals surface area contributed by atoms with E-state index in [4.69, 9.17) is 9.47 Å². The van der Waals surface area contributed by atoms with E-state index in [1.54, 1.807) is 12.1 Å². The molecule has 1 unspecified atom stereocenters. The van der Waals surface area contributed by atoms with Crippen LogP contribution in [0, 0.1) is 0 Å². The molecule has 5 nitrogen and oxygen atoms in total. The molecule has 0 radical (unpaired) electrons. The predicted octanol–water partition coefficient (Wildman–Crippen LogP) is 3.21. The molecular weight excluding hydrogens is 294 g/mol. The van der Waals surface area contributed by atoms with Crippen LogP contribution in [0.25, 0.3) is 0 Å². The zero-order chi connectivity index (χ0) is 16.8. The Balaban J connectivity index is 2.16. The van der Waals surface area contributed by atoms with Crippen LogP contribution < -0.4 is 9.64 Å². The second kappa shape index (κ2) is 7.99. The van der Waals surface area contributed by atoms with Crippen molar-refractivity contribution in [2.45, 2.75) is 46.1 Å². The molecule has 1 heterocycles. The van der Waals surface area contributed by atoms with Crippen molar-refractivity contribution in [3.63, 3.8) is 0 Å². The minimum absolute atomic E-state index is 0.00381. The molecule has 0 aliphatic carbocycles. The van der Waals surface area contributed by atoms with E-state index in [9.17, 15) is 9.59 Å². The molecule has 5 heteroatoms. The van der Waals surface area contributed by atoms with E-state index >= 15 is 0 Å². The van der Waals surface area contributed by atoms with E-state index in [1.165, 1.54) is 6.92 Å². The third-order valence-corrected chi connectivity index (χ3v) is 3.96. The van der Waals surface area contributed by atoms with Gasteiger partial charge in [-0.1, -0.05) is 20.3 Å². The highest BCUT2D eigenvalue weighted by molar-refractivity contribution is 5.95. The molecule has 0 saturated carbocycles. The van der Waals surface area contributed by atoms with Gasteiger partial charge in [0.1, 0.15) is 18.4 Å². The third kappa shape index (κ3) is 4.47. The first kappa shape index (κ1) is 17.3. The molecule has 1 aliphatic rings. The van der Waals surface area contributed by atoms with Gasteiger partial charge in [0.2, 0.25) is 0 Å². The van der Waals surface area contributed by atoms with Crippen LogP contribution in [0.4, 0.5) is 5.69 Å². The summed E-state index contributed by atoms with van der Waals surface area (Å²) in [6.45, 7) is 6.89. The Hall–Kier alpha value is -2.04. The number of hydrogen-bond acceptors (Lipinski definition) is 5. The predicted molar refractivity (Wildman–Crippen MR) is 89.2 cm³/mol. The lowest BCUT2D eigenvalue weighted by atomic mass is 10.1. The Morgan fingerprint density at radius 2 is 2.13 bits per heavy atom. The Morgan fingerprint density at radius 3 is 2.78 bits per heavy atom. The van der Waals surface area contributed by atoms with E-state index in [1.807, 2.05) is 11.0 Å². The monoisotopic (exact) mass is 319 g/mol. The number of unbranched alkanes of at least 4 members (excludes halogenated alkanes) is 1. The summed E-state index contributed by atoms with van der Waals surface area (Å²) in [5, 5.41) is 0. The maximum atomic E-state index is 12.0. The van der Waals surface area contributed by atoms with Crippen molar-refractivity contribution in [2.24, 2.45) is 0 Å². The van der Waals surface area contributed by atoms with E-state index in [2.05, 4.69) is 13.8 Å². The molecule has 1 aromatic rings. The molecule has 126 valence electrons. The number of nitrogens with zero attached hydrogens (tertiary/aromatic N) is 1. The Bertz CT molecular complexity index is 570. The molecule has 1 atom stereocenters. The second-order valence-electron chi connectivity index (χ2n) is 5.84. The van der Waals surface area contributed by atoms with Crippen LogP contribution in [0.15, 0.2) is 18.2 Å². The van der Waals surface area contributed by atoms with Gasteiger partial charge >= 0.3 is 5.97 Å². The van der Waals surface area contributed by atoms with E-state index < -0.39 is 0 Å². The first-order valence-electron chi connectivity index (χ1n) is 8.27. The van der Waals surface area contributed by atoms with Gasteiger partial charge in [0.25, 0.3) is 0 Å². The summed E-state index contributed by atoms with van der Waals surface area (Å²) in [5.74, 6) is 0.472. The van der Waals surface area contributed by atoms with Crippen LogP contribution in [0.3, 0.4) is 0 Å². The number of fused-ring (bicyclic) bond motifs is 1. The van der Waals surface area contributed by atoms with Crippen molar-refractivity contribution in [3.8, 4) is 5.75 Å². The van der Waals surface area contributed by atoms with Gasteiger partial charge in [-0.3, -0.25) is 9.59 Å². The van der Waals surface area contributed by atoms with E-state index in [0.717, 1.165) is 30.7 Å². The van der Waals surface area contributed by atoms with Gasteiger partial charge in [-0.05, 0) is 38.0 Å². The summed E-state index contributed by atoms with van der Waals surface area (Å²) >= 11 is 0. The minimum Gasteiger partial charge on any atom is -0.486 e. The number of benzene rings is 1. The summed E-state index contributed by atoms with van der Waals surface area (Å²) in [5.41, 5.74) is 1.40. The van der Waals surface area contributed by atoms with Crippen molar-refractivity contribution in [2.75, 3.05) is 24.6 Å². The van der Waals surface area contributed by atoms with Crippen LogP contribution in [0.5, 0.6) is 5.75 Å². The fraction of sp³-hybridized carbons (Fsp3) is 0.556. The SMILES string of the molecule is CCCCOC(=O)CN1CC(CC)Oc2ccc(C(C)=O)cc21. The number of Topliss-reactive ketones (excluding diaryl/α,β-unsaturated/α-hetero) is 1. The number of esters is 1. The van der Waals surface area contributed by atoms with Gasteiger partial charge in [0, 0.05) is 5.56 Å². The van der Waals surface area contributed by atoms with E-state index in [0.29, 0.717) is 18.7 Å². The third-order valence-electron chi connectivity index (χ3n) is 3.96. The molecule has 0 spiro atoms. The number of carbonyl (C=O) groups excluding carboxylic acids is 2. The Labute approximate surface area is 137 Å². The molecule has 1 aromatic carbocycles. The zero-order valence-corrected chi connectivity index (χ0v) is 14.1. The summed E-state index contributed by atoms with van der Waals surface area (Å²) in [6, 6.07) is 5.36. The van der Waals surface area contributed by atoms with Gasteiger partial charge in [0.15, 0.2) is 5.78 Å². The summed E-state index contributed by atoms with van der Waals surface area (Å²) in [6.07, 6.45) is 2.76. The first-order chi connectivity index (χ1) is 11.0. The van der Waals surface area contributed by atoms with Crippen LogP contribution in [0.1, 0.15) is 50.4 Å². The molecule has 0 saturated heterocycles. The first-order valence-corrected chi connectivity index (χ1v) is 8.27. The van der Waals surface area contributed by atoms with Crippen molar-refractivity contribution in [1.29, 1.82) is 0 Å². The Kier molecular flexibility index (Phi) is 6.02. The summed E-state index contributed by atoms with van der Waals surface area (Å²) in [7, 11) is 0. The van der Waals surface area contributed by atoms with Crippen LogP contribution in [-0.2, 0) is 9.53 Å². The topological polar surface area (TPSA) is 55.8 Å². The van der Waals surface area contributed by atoms with Crippen LogP contribution in [-0.4, -0.2) is 37.6 Å². The number of ether oxygens (including phenoxy) is 2. The average molecular weight is 319 g/mol. The lowest BCUT2D eigenvalue weighted by Gasteiger charge is -2.35. The lowest BCUT2D eigenvalue weighted by molar-refractivity contribution is -0.142. The van der Waals surface area contributed by atoms with Crippen LogP contribution in [0.2, 0.25) is 0 Å². The highest BCUT2D eigenvalue weighted by Crippen LogP contribution is 2.35. The molecule has 1 aliphatic heterocycles. The van der Waals surface area contributed by atoms with Gasteiger partial charge in [0.05, 0.1) is 18.8 Å². The Morgan fingerprint density at radius 1 is 1.35 bits per heavy atom. The number of anilines is 1. The van der Waals surface area contributed by atoms with Crippen molar-refractivity contribution >= 4 is 17.4 Å². The summed E-state index contributed by atoms with van der Waals surface area (Å²) in [4.78, 5) is 25.6. The van der Waals surface area contributed by atoms with Gasteiger partial charge in [-0.25, -0.2) is 0 Å². The van der Waals surface area contributed by atoms with Crippen molar-refractivity contribution in [3.05, 3.63) is 23.8 Å². The number of hydrogen-bond donors (Lipinski definition) is 0. The normalized spacial score (nSPS) is 16.5. The standard InChI is InChI=1S/C18H25NO4/c1-4-6-9-22-18(21)12-19-11-15(5-2)23-17-8-7-14(13(3)20)10-16(17)19/h7-8,10,15H,4-6,9,11-12H2,1-3H3. The smallest absolute Gasteiger partial charge is 0.325 e. The average Bonchev–Trinajstić information content (AvgIpc) is 2.54. The highest BCUT2D eigenvalue weighted by atomic mass is 16.5. The summed E-state index contributed by atoms with van der Waals surface area (Å²) < 4.78 is 11.2. The molecule has 2 rings (SSSR count). The maximum Gasteiger partial charge on any atom is 0.325 e. The fourth-order valence-corrected chi connectivity index (χ4v) is 2.54. The zero-order valence-electron chi connectivity index (χ0n) is 14.1. The van der Waals surface area contributed by atoms with E-state index in [-0.39, 0.29) is 24.4 Å². The molecular formula is C18H25NO4. The maximum absolute atomic E-state index is 12.0. The molecule has 23 heavy (non-hydrogen) atoms. The van der Waals surface area contributed by atoms with Crippen molar-refractivity contribution < 1.29 is 19.1 Å². The largest absolute Gasteiger partial charge is 0.486 e. The molecule has 0 amide bonds. The number of rotatable bonds is 7. The molecule has 0 bridgehead atoms. The van der Waals surface area contributed by atoms with Crippen LogP contribution >= 0.6 is 0 Å². The molecule has 0 aromatic heterocycles. The van der Waals surface area contributed by atoms with Gasteiger partial charge in [-0.2, -0.15) is 0 Å². The van der Waals surface area contributed by atoms with Crippen molar-refractivity contribution in [1.82, 2.24) is 0 Å². The minimum atomic E-state index is -0.241. The van der Waals surface area contributed by atoms with Gasteiger partial charge in [-0.15, -0.1) is 0 Å². The molecule has 0 fully saturated rings. The quantitative estimate of drug-likeness (QED) is 0.439. The second-order valence-corrected chi connectivity index (χ2v) is 5.84. The lowest BCUT2D eigenvalue weighted by Crippen LogP contribution is -2.42. The molecule has 0 N–H and O–H groups in total.